The molecule has 0 aliphatic heterocycles. The van der Waals surface area contributed by atoms with Crippen molar-refractivity contribution in [3.63, 3.8) is 0 Å². The van der Waals surface area contributed by atoms with E-state index in [0.29, 0.717) is 11.6 Å². The molecule has 4 heteroatoms. The van der Waals surface area contributed by atoms with Gasteiger partial charge in [0.2, 0.25) is 0 Å². The Kier molecular flexibility index (Phi) is 4.04. The van der Waals surface area contributed by atoms with E-state index in [1.807, 2.05) is 44.2 Å². The highest BCUT2D eigenvalue weighted by Gasteiger charge is 2.09. The highest BCUT2D eigenvalue weighted by atomic mass is 35.5. The maximum Gasteiger partial charge on any atom is 0.261 e. The van der Waals surface area contributed by atoms with E-state index >= 15 is 0 Å². The lowest BCUT2D eigenvalue weighted by atomic mass is 10.2. The molecule has 1 aromatic heterocycles. The molecule has 1 N–H and O–H groups in total. The largest absolute Gasteiger partial charge is 0.347 e. The van der Waals surface area contributed by atoms with Crippen molar-refractivity contribution in [2.24, 2.45) is 0 Å². The Hall–Kier alpha value is -1.32. The van der Waals surface area contributed by atoms with Crippen molar-refractivity contribution in [1.29, 1.82) is 0 Å². The molecule has 2 aromatic rings. The van der Waals surface area contributed by atoms with Crippen molar-refractivity contribution in [2.45, 2.75) is 20.4 Å². The van der Waals surface area contributed by atoms with Gasteiger partial charge in [0.05, 0.1) is 4.88 Å². The predicted octanol–water partition coefficient (Wildman–Crippen LogP) is 3.95. The van der Waals surface area contributed by atoms with E-state index in [2.05, 4.69) is 5.32 Å². The first-order chi connectivity index (χ1) is 8.56. The topological polar surface area (TPSA) is 29.1 Å². The zero-order valence-corrected chi connectivity index (χ0v) is 11.9. The lowest BCUT2D eigenvalue weighted by Gasteiger charge is -2.03. The summed E-state index contributed by atoms with van der Waals surface area (Å²) in [6.45, 7) is 4.56. The second kappa shape index (κ2) is 5.55. The zero-order chi connectivity index (χ0) is 13.1. The van der Waals surface area contributed by atoms with E-state index in [0.717, 1.165) is 16.0 Å². The monoisotopic (exact) mass is 279 g/mol. The lowest BCUT2D eigenvalue weighted by Crippen LogP contribution is -2.21. The number of benzene rings is 1. The minimum absolute atomic E-state index is 0.0221. The molecule has 0 saturated carbocycles. The van der Waals surface area contributed by atoms with Crippen molar-refractivity contribution < 1.29 is 4.79 Å². The number of thiophene rings is 1. The van der Waals surface area contributed by atoms with Crippen LogP contribution < -0.4 is 5.32 Å². The molecule has 0 atom stereocenters. The smallest absolute Gasteiger partial charge is 0.261 e. The molecule has 94 valence electrons. The summed E-state index contributed by atoms with van der Waals surface area (Å²) in [4.78, 5) is 13.9. The Morgan fingerprint density at radius 1 is 1.28 bits per heavy atom. The van der Waals surface area contributed by atoms with E-state index in [1.165, 1.54) is 16.2 Å². The van der Waals surface area contributed by atoms with Gasteiger partial charge in [0.15, 0.2) is 0 Å². The molecular formula is C14H14ClNOS. The second-order valence-corrected chi connectivity index (χ2v) is 5.85. The number of rotatable bonds is 3. The number of halogens is 1. The minimum Gasteiger partial charge on any atom is -0.347 e. The Morgan fingerprint density at radius 2 is 1.94 bits per heavy atom. The summed E-state index contributed by atoms with van der Waals surface area (Å²) < 4.78 is 0. The summed E-state index contributed by atoms with van der Waals surface area (Å²) in [6, 6.07) is 9.39. The average Bonchev–Trinajstić information content (AvgIpc) is 2.69. The Bertz CT molecular complexity index is 540. The van der Waals surface area contributed by atoms with Gasteiger partial charge < -0.3 is 5.32 Å². The molecule has 1 aromatic carbocycles. The van der Waals surface area contributed by atoms with E-state index < -0.39 is 0 Å². The summed E-state index contributed by atoms with van der Waals surface area (Å²) >= 11 is 7.33. The molecule has 0 fully saturated rings. The van der Waals surface area contributed by atoms with Gasteiger partial charge >= 0.3 is 0 Å². The minimum atomic E-state index is -0.0221. The number of hydrogen-bond acceptors (Lipinski definition) is 2. The molecule has 1 amide bonds. The highest BCUT2D eigenvalue weighted by molar-refractivity contribution is 7.14. The first kappa shape index (κ1) is 13.1. The van der Waals surface area contributed by atoms with Gasteiger partial charge in [-0.25, -0.2) is 0 Å². The molecular weight excluding hydrogens is 266 g/mol. The van der Waals surface area contributed by atoms with Crippen molar-refractivity contribution in [3.05, 3.63) is 56.2 Å². The van der Waals surface area contributed by atoms with Gasteiger partial charge in [0.25, 0.3) is 5.91 Å². The van der Waals surface area contributed by atoms with Crippen LogP contribution in [0.15, 0.2) is 30.3 Å². The summed E-state index contributed by atoms with van der Waals surface area (Å²) in [6.07, 6.45) is 0. The standard InChI is InChI=1S/C14H14ClNOS/c1-9-7-13(18-10(9)2)14(17)16-8-11-3-5-12(15)6-4-11/h3-7H,8H2,1-2H3,(H,16,17). The number of aryl methyl sites for hydroxylation is 2. The lowest BCUT2D eigenvalue weighted by molar-refractivity contribution is 0.0955. The average molecular weight is 280 g/mol. The van der Waals surface area contributed by atoms with Crippen LogP contribution in [0.5, 0.6) is 0 Å². The van der Waals surface area contributed by atoms with Crippen LogP contribution in [0, 0.1) is 13.8 Å². The maximum atomic E-state index is 11.9. The first-order valence-corrected chi connectivity index (χ1v) is 6.85. The van der Waals surface area contributed by atoms with Crippen LogP contribution in [-0.2, 0) is 6.54 Å². The SMILES string of the molecule is Cc1cc(C(=O)NCc2ccc(Cl)cc2)sc1C. The summed E-state index contributed by atoms with van der Waals surface area (Å²) in [5.74, 6) is -0.0221. The number of nitrogens with one attached hydrogen (secondary N) is 1. The van der Waals surface area contributed by atoms with Crippen molar-refractivity contribution >= 4 is 28.8 Å². The van der Waals surface area contributed by atoms with Crippen LogP contribution in [0.2, 0.25) is 5.02 Å². The Morgan fingerprint density at radius 3 is 2.50 bits per heavy atom. The third kappa shape index (κ3) is 3.12. The third-order valence-electron chi connectivity index (χ3n) is 2.76. The Labute approximate surface area is 116 Å². The van der Waals surface area contributed by atoms with Gasteiger partial charge in [-0.3, -0.25) is 4.79 Å². The Balaban J connectivity index is 1.98. The fourth-order valence-electron chi connectivity index (χ4n) is 1.56. The summed E-state index contributed by atoms with van der Waals surface area (Å²) in [5, 5.41) is 3.61. The molecule has 0 saturated heterocycles. The summed E-state index contributed by atoms with van der Waals surface area (Å²) in [5.41, 5.74) is 2.20. The fourth-order valence-corrected chi connectivity index (χ4v) is 2.63. The first-order valence-electron chi connectivity index (χ1n) is 5.66. The van der Waals surface area contributed by atoms with E-state index in [1.54, 1.807) is 0 Å². The molecule has 0 aliphatic carbocycles. The van der Waals surface area contributed by atoms with E-state index in [-0.39, 0.29) is 5.91 Å². The van der Waals surface area contributed by atoms with Crippen LogP contribution in [0.3, 0.4) is 0 Å². The predicted molar refractivity (Wildman–Crippen MR) is 76.4 cm³/mol. The van der Waals surface area contributed by atoms with Crippen LogP contribution >= 0.6 is 22.9 Å². The number of hydrogen-bond donors (Lipinski definition) is 1. The van der Waals surface area contributed by atoms with Gasteiger partial charge in [-0.05, 0) is 43.2 Å². The normalized spacial score (nSPS) is 10.4. The zero-order valence-electron chi connectivity index (χ0n) is 10.3. The van der Waals surface area contributed by atoms with Crippen LogP contribution in [0.1, 0.15) is 25.7 Å². The fraction of sp³-hybridized carbons (Fsp3) is 0.214. The molecule has 0 radical (unpaired) electrons. The third-order valence-corrected chi connectivity index (χ3v) is 4.16. The molecule has 0 spiro atoms. The van der Waals surface area contributed by atoms with Gasteiger partial charge in [-0.1, -0.05) is 23.7 Å². The number of amides is 1. The molecule has 0 unspecified atom stereocenters. The van der Waals surface area contributed by atoms with Crippen LogP contribution in [0.4, 0.5) is 0 Å². The molecule has 18 heavy (non-hydrogen) atoms. The van der Waals surface area contributed by atoms with Gasteiger partial charge in [0, 0.05) is 16.4 Å². The van der Waals surface area contributed by atoms with E-state index in [9.17, 15) is 4.79 Å². The number of carbonyl (C=O) groups excluding carboxylic acids is 1. The molecule has 0 bridgehead atoms. The van der Waals surface area contributed by atoms with Gasteiger partial charge in [-0.2, -0.15) is 0 Å². The van der Waals surface area contributed by atoms with Crippen molar-refractivity contribution in [3.8, 4) is 0 Å². The van der Waals surface area contributed by atoms with Crippen molar-refractivity contribution in [2.75, 3.05) is 0 Å². The molecule has 2 rings (SSSR count). The molecule has 2 nitrogen and oxygen atoms in total. The number of carbonyl (C=O) groups is 1. The quantitative estimate of drug-likeness (QED) is 0.906. The summed E-state index contributed by atoms with van der Waals surface area (Å²) in [7, 11) is 0. The maximum absolute atomic E-state index is 11.9. The second-order valence-electron chi connectivity index (χ2n) is 4.16. The highest BCUT2D eigenvalue weighted by Crippen LogP contribution is 2.20. The molecule has 0 aliphatic rings. The van der Waals surface area contributed by atoms with Gasteiger partial charge in [-0.15, -0.1) is 11.3 Å². The van der Waals surface area contributed by atoms with Crippen LogP contribution in [0.25, 0.3) is 0 Å². The van der Waals surface area contributed by atoms with E-state index in [4.69, 9.17) is 11.6 Å². The molecule has 1 heterocycles. The van der Waals surface area contributed by atoms with Gasteiger partial charge in [0.1, 0.15) is 0 Å². The van der Waals surface area contributed by atoms with Crippen LogP contribution in [-0.4, -0.2) is 5.91 Å². The van der Waals surface area contributed by atoms with Crippen molar-refractivity contribution in [1.82, 2.24) is 5.32 Å².